The third kappa shape index (κ3) is 5.06. The maximum atomic E-state index is 14.5. The lowest BCUT2D eigenvalue weighted by Crippen LogP contribution is -2.01. The monoisotopic (exact) mass is 416 g/mol. The van der Waals surface area contributed by atoms with Gasteiger partial charge in [0.05, 0.1) is 10.8 Å². The third-order valence-corrected chi connectivity index (χ3v) is 5.60. The number of aromatic hydroxyl groups is 1. The number of phenolic OH excluding ortho intramolecular Hbond substituents is 1. The zero-order chi connectivity index (χ0) is 19.4. The Morgan fingerprint density at radius 2 is 1.96 bits per heavy atom. The Balaban J connectivity index is 2.29. The lowest BCUT2D eigenvalue weighted by atomic mass is 9.96. The van der Waals surface area contributed by atoms with E-state index >= 15 is 0 Å². The van der Waals surface area contributed by atoms with Crippen LogP contribution in [-0.4, -0.2) is 21.9 Å². The van der Waals surface area contributed by atoms with Crippen molar-refractivity contribution in [1.82, 2.24) is 0 Å². The molecule has 0 amide bonds. The molecule has 0 aliphatic carbocycles. The van der Waals surface area contributed by atoms with Gasteiger partial charge in [-0.15, -0.1) is 11.8 Å². The first-order valence-corrected chi connectivity index (χ1v) is 9.88. The fourth-order valence-corrected chi connectivity index (χ4v) is 3.92. The first kappa shape index (κ1) is 20.9. The lowest BCUT2D eigenvalue weighted by molar-refractivity contribution is -0.133. The van der Waals surface area contributed by atoms with Gasteiger partial charge in [-0.3, -0.25) is 4.79 Å². The molecule has 0 saturated heterocycles. The minimum absolute atomic E-state index is 0.0532. The molecule has 7 heteroatoms. The molecule has 0 aromatic heterocycles. The van der Waals surface area contributed by atoms with Crippen LogP contribution in [0.25, 0.3) is 0 Å². The fourth-order valence-electron chi connectivity index (χ4n) is 2.58. The topological polar surface area (TPSA) is 57.5 Å². The largest absolute Gasteiger partial charge is 0.508 e. The first-order valence-electron chi connectivity index (χ1n) is 7.97. The van der Waals surface area contributed by atoms with Gasteiger partial charge < -0.3 is 10.2 Å². The van der Waals surface area contributed by atoms with Crippen molar-refractivity contribution in [2.24, 2.45) is 0 Å². The number of rotatable bonds is 7. The van der Waals surface area contributed by atoms with Crippen LogP contribution in [0, 0.1) is 5.82 Å². The summed E-state index contributed by atoms with van der Waals surface area (Å²) in [7, 11) is 0. The molecule has 0 radical (unpaired) electrons. The van der Waals surface area contributed by atoms with Crippen molar-refractivity contribution in [3.8, 4) is 5.75 Å². The number of carboxylic acid groups (broad SMARTS) is 1. The number of benzene rings is 2. The molecule has 0 atom stereocenters. The van der Waals surface area contributed by atoms with Crippen molar-refractivity contribution in [3.05, 3.63) is 62.4 Å². The van der Waals surface area contributed by atoms with Gasteiger partial charge in [0, 0.05) is 22.8 Å². The summed E-state index contributed by atoms with van der Waals surface area (Å²) in [5.41, 5.74) is 2.42. The van der Waals surface area contributed by atoms with Gasteiger partial charge in [-0.1, -0.05) is 49.2 Å². The summed E-state index contributed by atoms with van der Waals surface area (Å²) in [5, 5.41) is 18.9. The van der Waals surface area contributed by atoms with E-state index in [0.29, 0.717) is 17.0 Å². The number of hydrogen-bond donors (Lipinski definition) is 2. The van der Waals surface area contributed by atoms with Gasteiger partial charge in [0.1, 0.15) is 11.6 Å². The third-order valence-electron chi connectivity index (χ3n) is 3.91. The summed E-state index contributed by atoms with van der Waals surface area (Å²) in [6, 6.07) is 6.72. The maximum absolute atomic E-state index is 14.5. The highest BCUT2D eigenvalue weighted by atomic mass is 35.5. The molecule has 2 N–H and O–H groups in total. The summed E-state index contributed by atoms with van der Waals surface area (Å²) in [5.74, 6) is -1.12. The van der Waals surface area contributed by atoms with E-state index in [1.807, 2.05) is 19.9 Å². The van der Waals surface area contributed by atoms with Crippen molar-refractivity contribution < 1.29 is 19.4 Å². The summed E-state index contributed by atoms with van der Waals surface area (Å²) in [4.78, 5) is 10.6. The molecule has 0 aliphatic heterocycles. The van der Waals surface area contributed by atoms with Crippen LogP contribution in [0.1, 0.15) is 42.0 Å². The zero-order valence-electron chi connectivity index (χ0n) is 14.4. The molecule has 2 aromatic carbocycles. The maximum Gasteiger partial charge on any atom is 0.313 e. The lowest BCUT2D eigenvalue weighted by Gasteiger charge is -2.14. The van der Waals surface area contributed by atoms with E-state index in [2.05, 4.69) is 0 Å². The van der Waals surface area contributed by atoms with Crippen LogP contribution in [0.15, 0.2) is 24.3 Å². The van der Waals surface area contributed by atoms with E-state index in [-0.39, 0.29) is 33.8 Å². The number of aliphatic carboxylic acids is 1. The molecule has 0 aliphatic rings. The van der Waals surface area contributed by atoms with Gasteiger partial charge in [-0.05, 0) is 34.7 Å². The van der Waals surface area contributed by atoms with Crippen LogP contribution in [0.4, 0.5) is 4.39 Å². The van der Waals surface area contributed by atoms with Gasteiger partial charge in [0.25, 0.3) is 0 Å². The quantitative estimate of drug-likeness (QED) is 0.554. The van der Waals surface area contributed by atoms with Crippen molar-refractivity contribution in [3.63, 3.8) is 0 Å². The molecule has 0 spiro atoms. The van der Waals surface area contributed by atoms with Crippen LogP contribution < -0.4 is 0 Å². The molecule has 0 heterocycles. The number of carboxylic acids is 1. The van der Waals surface area contributed by atoms with Crippen LogP contribution in [0.2, 0.25) is 10.0 Å². The summed E-state index contributed by atoms with van der Waals surface area (Å²) >= 11 is 13.6. The van der Waals surface area contributed by atoms with Crippen LogP contribution >= 0.6 is 35.0 Å². The van der Waals surface area contributed by atoms with Crippen molar-refractivity contribution in [1.29, 1.82) is 0 Å². The number of halogens is 3. The number of hydrogen-bond acceptors (Lipinski definition) is 3. The fraction of sp³-hybridized carbons (Fsp3) is 0.316. The molecular weight excluding hydrogens is 398 g/mol. The Morgan fingerprint density at radius 1 is 1.27 bits per heavy atom. The average Bonchev–Trinajstić information content (AvgIpc) is 2.57. The van der Waals surface area contributed by atoms with E-state index in [4.69, 9.17) is 28.3 Å². The van der Waals surface area contributed by atoms with Crippen molar-refractivity contribution >= 4 is 40.9 Å². The Hall–Kier alpha value is -1.43. The molecular formula is C19H19Cl2FO3S. The second-order valence-corrected chi connectivity index (χ2v) is 8.01. The Bertz CT molecular complexity index is 825. The second-order valence-electron chi connectivity index (χ2n) is 6.24. The van der Waals surface area contributed by atoms with Crippen molar-refractivity contribution in [2.75, 3.05) is 5.75 Å². The molecule has 2 rings (SSSR count). The van der Waals surface area contributed by atoms with Crippen LogP contribution in [0.5, 0.6) is 5.75 Å². The molecule has 0 saturated carbocycles. The Labute approximate surface area is 166 Å². The average molecular weight is 417 g/mol. The smallest absolute Gasteiger partial charge is 0.313 e. The van der Waals surface area contributed by atoms with Gasteiger partial charge in [-0.25, -0.2) is 4.39 Å². The van der Waals surface area contributed by atoms with Crippen LogP contribution in [-0.2, 0) is 17.0 Å². The van der Waals surface area contributed by atoms with Crippen molar-refractivity contribution in [2.45, 2.75) is 31.9 Å². The predicted molar refractivity (Wildman–Crippen MR) is 105 cm³/mol. The molecule has 140 valence electrons. The Kier molecular flexibility index (Phi) is 7.21. The zero-order valence-corrected chi connectivity index (χ0v) is 16.7. The summed E-state index contributed by atoms with van der Waals surface area (Å²) < 4.78 is 14.5. The van der Waals surface area contributed by atoms with E-state index in [9.17, 15) is 14.3 Å². The Morgan fingerprint density at radius 3 is 2.58 bits per heavy atom. The predicted octanol–water partition coefficient (Wildman–Crippen LogP) is 5.87. The number of thioether (sulfide) groups is 1. The second kappa shape index (κ2) is 8.98. The first-order chi connectivity index (χ1) is 12.2. The summed E-state index contributed by atoms with van der Waals surface area (Å²) in [6.45, 7) is 3.95. The standard InChI is InChI=1S/C19H19Cl2FO3S/c1-10(2)13-5-11(3-4-16(13)23)6-14-15(20)7-12(19(22)18(14)21)8-26-9-17(24)25/h3-5,7,10,23H,6,8-9H2,1-2H3,(H,24,25). The van der Waals surface area contributed by atoms with Gasteiger partial charge in [-0.2, -0.15) is 0 Å². The minimum atomic E-state index is -0.961. The molecule has 0 unspecified atom stereocenters. The van der Waals surface area contributed by atoms with Gasteiger partial charge >= 0.3 is 5.97 Å². The minimum Gasteiger partial charge on any atom is -0.508 e. The van der Waals surface area contributed by atoms with E-state index in [0.717, 1.165) is 22.9 Å². The molecule has 0 bridgehead atoms. The van der Waals surface area contributed by atoms with E-state index in [1.165, 1.54) is 6.07 Å². The van der Waals surface area contributed by atoms with E-state index in [1.54, 1.807) is 12.1 Å². The highest BCUT2D eigenvalue weighted by Crippen LogP contribution is 2.35. The van der Waals surface area contributed by atoms with Gasteiger partial charge in [0.15, 0.2) is 0 Å². The highest BCUT2D eigenvalue weighted by Gasteiger charge is 2.17. The SMILES string of the molecule is CC(C)c1cc(Cc2c(Cl)cc(CSCC(=O)O)c(F)c2Cl)ccc1O. The van der Waals surface area contributed by atoms with Crippen LogP contribution in [0.3, 0.4) is 0 Å². The molecule has 26 heavy (non-hydrogen) atoms. The highest BCUT2D eigenvalue weighted by molar-refractivity contribution is 7.99. The number of carbonyl (C=O) groups is 1. The normalized spacial score (nSPS) is 11.2. The van der Waals surface area contributed by atoms with E-state index < -0.39 is 11.8 Å². The van der Waals surface area contributed by atoms with Gasteiger partial charge in [0.2, 0.25) is 0 Å². The summed E-state index contributed by atoms with van der Waals surface area (Å²) in [6.07, 6.45) is 0.330. The molecule has 2 aromatic rings. The molecule has 0 fully saturated rings. The molecule has 3 nitrogen and oxygen atoms in total. The number of phenols is 1.